The minimum absolute atomic E-state index is 0.0764. The number of rotatable bonds is 2. The van der Waals surface area contributed by atoms with Crippen molar-refractivity contribution in [3.05, 3.63) is 63.1 Å². The maximum absolute atomic E-state index is 12.9. The summed E-state index contributed by atoms with van der Waals surface area (Å²) in [6.45, 7) is 3.16. The molecule has 3 heterocycles. The van der Waals surface area contributed by atoms with Crippen molar-refractivity contribution >= 4 is 27.3 Å². The Bertz CT molecular complexity index is 958. The van der Waals surface area contributed by atoms with Crippen LogP contribution in [0, 0.1) is 6.92 Å². The third kappa shape index (κ3) is 3.22. The lowest BCUT2D eigenvalue weighted by Gasteiger charge is -2.32. The maximum atomic E-state index is 12.9. The first kappa shape index (κ1) is 16.0. The maximum Gasteiger partial charge on any atom is 0.263 e. The second-order valence-electron chi connectivity index (χ2n) is 6.49. The Kier molecular flexibility index (Phi) is 4.13. The predicted molar refractivity (Wildman–Crippen MR) is 99.3 cm³/mol. The summed E-state index contributed by atoms with van der Waals surface area (Å²) < 4.78 is 1.13. The molecule has 0 radical (unpaired) electrons. The van der Waals surface area contributed by atoms with E-state index in [-0.39, 0.29) is 17.4 Å². The highest BCUT2D eigenvalue weighted by Gasteiger charge is 2.27. The number of piperidine rings is 1. The number of amides is 1. The fraction of sp³-hybridized carbons (Fsp3) is 0.316. The molecular formula is C19H19N3O2S. The van der Waals surface area contributed by atoms with Gasteiger partial charge in [0.2, 0.25) is 0 Å². The first-order valence-electron chi connectivity index (χ1n) is 8.46. The van der Waals surface area contributed by atoms with Gasteiger partial charge in [0.05, 0.1) is 10.6 Å². The minimum Gasteiger partial charge on any atom is -0.337 e. The number of fused-ring (bicyclic) bond motifs is 1. The third-order valence-corrected chi connectivity index (χ3v) is 5.75. The van der Waals surface area contributed by atoms with Crippen molar-refractivity contribution in [2.24, 2.45) is 0 Å². The molecule has 1 N–H and O–H groups in total. The van der Waals surface area contributed by atoms with Crippen molar-refractivity contribution < 1.29 is 4.79 Å². The van der Waals surface area contributed by atoms with E-state index in [0.717, 1.165) is 40.0 Å². The van der Waals surface area contributed by atoms with Gasteiger partial charge in [-0.25, -0.2) is 4.98 Å². The molecule has 1 atom stereocenters. The van der Waals surface area contributed by atoms with Gasteiger partial charge in [-0.1, -0.05) is 18.2 Å². The van der Waals surface area contributed by atoms with Crippen LogP contribution in [0.1, 0.15) is 39.9 Å². The Morgan fingerprint density at radius 3 is 2.96 bits per heavy atom. The highest BCUT2D eigenvalue weighted by atomic mass is 32.1. The monoisotopic (exact) mass is 353 g/mol. The van der Waals surface area contributed by atoms with Gasteiger partial charge in [-0.2, -0.15) is 0 Å². The van der Waals surface area contributed by atoms with E-state index >= 15 is 0 Å². The molecule has 3 aromatic rings. The normalized spacial score (nSPS) is 17.8. The van der Waals surface area contributed by atoms with Crippen LogP contribution in [0.5, 0.6) is 0 Å². The average Bonchev–Trinajstić information content (AvgIpc) is 3.04. The van der Waals surface area contributed by atoms with Gasteiger partial charge >= 0.3 is 0 Å². The van der Waals surface area contributed by atoms with Gasteiger partial charge in [-0.3, -0.25) is 9.59 Å². The zero-order valence-electron chi connectivity index (χ0n) is 14.0. The number of hydrogen-bond acceptors (Lipinski definition) is 4. The molecule has 25 heavy (non-hydrogen) atoms. The number of likely N-dealkylation sites (tertiary alicyclic amines) is 1. The largest absolute Gasteiger partial charge is 0.337 e. The average molecular weight is 353 g/mol. The number of benzene rings is 1. The van der Waals surface area contributed by atoms with E-state index in [2.05, 4.69) is 9.97 Å². The summed E-state index contributed by atoms with van der Waals surface area (Å²) in [4.78, 5) is 34.5. The second-order valence-corrected chi connectivity index (χ2v) is 7.58. The van der Waals surface area contributed by atoms with Crippen molar-refractivity contribution in [3.8, 4) is 0 Å². The number of carbonyl (C=O) groups is 1. The van der Waals surface area contributed by atoms with Crippen LogP contribution in [0.4, 0.5) is 0 Å². The van der Waals surface area contributed by atoms with Crippen molar-refractivity contribution in [1.82, 2.24) is 14.9 Å². The molecule has 1 aliphatic rings. The van der Waals surface area contributed by atoms with Crippen molar-refractivity contribution in [2.75, 3.05) is 13.1 Å². The lowest BCUT2D eigenvalue weighted by atomic mass is 9.94. The Hall–Kier alpha value is -2.47. The van der Waals surface area contributed by atoms with Gasteiger partial charge in [0.15, 0.2) is 0 Å². The second kappa shape index (κ2) is 6.44. The summed E-state index contributed by atoms with van der Waals surface area (Å²) in [6.07, 6.45) is 1.88. The number of aromatic nitrogens is 2. The van der Waals surface area contributed by atoms with E-state index in [1.165, 1.54) is 11.3 Å². The number of H-pyrrole nitrogens is 1. The molecule has 128 valence electrons. The van der Waals surface area contributed by atoms with E-state index in [0.29, 0.717) is 12.4 Å². The fourth-order valence-electron chi connectivity index (χ4n) is 3.46. The topological polar surface area (TPSA) is 66.1 Å². The molecular weight excluding hydrogens is 334 g/mol. The van der Waals surface area contributed by atoms with E-state index in [1.54, 1.807) is 13.0 Å². The molecule has 4 rings (SSSR count). The summed E-state index contributed by atoms with van der Waals surface area (Å²) >= 11 is 1.54. The van der Waals surface area contributed by atoms with Crippen molar-refractivity contribution in [2.45, 2.75) is 25.7 Å². The van der Waals surface area contributed by atoms with Crippen LogP contribution in [-0.4, -0.2) is 33.9 Å². The van der Waals surface area contributed by atoms with E-state index < -0.39 is 0 Å². The molecule has 1 aromatic carbocycles. The van der Waals surface area contributed by atoms with E-state index in [9.17, 15) is 9.59 Å². The van der Waals surface area contributed by atoms with Crippen LogP contribution in [-0.2, 0) is 0 Å². The molecule has 6 heteroatoms. The minimum atomic E-state index is -0.129. The fourth-order valence-corrected chi connectivity index (χ4v) is 4.49. The standard InChI is InChI=1S/C19H19N3O2S/c1-12-20-15(10-18(23)21-12)14-6-4-8-22(11-14)19(24)17-9-13-5-2-3-7-16(13)25-17/h2-3,5,7,9-10,14H,4,6,8,11H2,1H3,(H,20,21,23). The molecule has 0 aliphatic carbocycles. The number of aromatic amines is 1. The first-order chi connectivity index (χ1) is 12.1. The Morgan fingerprint density at radius 1 is 1.32 bits per heavy atom. The highest BCUT2D eigenvalue weighted by Crippen LogP contribution is 2.30. The molecule has 0 saturated carbocycles. The van der Waals surface area contributed by atoms with Crippen LogP contribution in [0.3, 0.4) is 0 Å². The van der Waals surface area contributed by atoms with Crippen LogP contribution >= 0.6 is 11.3 Å². The molecule has 0 bridgehead atoms. The lowest BCUT2D eigenvalue weighted by molar-refractivity contribution is 0.0711. The Balaban J connectivity index is 1.58. The molecule has 2 aromatic heterocycles. The van der Waals surface area contributed by atoms with Gasteiger partial charge in [0.1, 0.15) is 5.82 Å². The van der Waals surface area contributed by atoms with Crippen LogP contribution in [0.2, 0.25) is 0 Å². The van der Waals surface area contributed by atoms with E-state index in [1.807, 2.05) is 35.2 Å². The third-order valence-electron chi connectivity index (χ3n) is 4.64. The van der Waals surface area contributed by atoms with Gasteiger partial charge in [0, 0.05) is 29.8 Å². The van der Waals surface area contributed by atoms with Crippen molar-refractivity contribution in [3.63, 3.8) is 0 Å². The SMILES string of the molecule is Cc1nc(C2CCCN(C(=O)c3cc4ccccc4s3)C2)cc(=O)[nH]1. The molecule has 1 fully saturated rings. The van der Waals surface area contributed by atoms with Gasteiger partial charge in [-0.05, 0) is 37.3 Å². The van der Waals surface area contributed by atoms with Crippen LogP contribution in [0.15, 0.2) is 41.2 Å². The van der Waals surface area contributed by atoms with Crippen LogP contribution in [0.25, 0.3) is 10.1 Å². The molecule has 1 amide bonds. The number of thiophene rings is 1. The quantitative estimate of drug-likeness (QED) is 0.769. The Labute approximate surface area is 149 Å². The molecule has 5 nitrogen and oxygen atoms in total. The molecule has 1 aliphatic heterocycles. The summed E-state index contributed by atoms with van der Waals surface area (Å²) in [7, 11) is 0. The first-order valence-corrected chi connectivity index (χ1v) is 9.27. The van der Waals surface area contributed by atoms with Gasteiger partial charge in [-0.15, -0.1) is 11.3 Å². The number of aryl methyl sites for hydroxylation is 1. The zero-order valence-corrected chi connectivity index (χ0v) is 14.8. The lowest BCUT2D eigenvalue weighted by Crippen LogP contribution is -2.39. The predicted octanol–water partition coefficient (Wildman–Crippen LogP) is 3.31. The van der Waals surface area contributed by atoms with Gasteiger partial charge in [0.25, 0.3) is 11.5 Å². The summed E-state index contributed by atoms with van der Waals surface area (Å²) in [6, 6.07) is 11.6. The summed E-state index contributed by atoms with van der Waals surface area (Å²) in [5.74, 6) is 0.816. The summed E-state index contributed by atoms with van der Waals surface area (Å²) in [5.41, 5.74) is 0.658. The Morgan fingerprint density at radius 2 is 2.16 bits per heavy atom. The van der Waals surface area contributed by atoms with Crippen molar-refractivity contribution in [1.29, 1.82) is 0 Å². The number of hydrogen-bond donors (Lipinski definition) is 1. The molecule has 0 spiro atoms. The smallest absolute Gasteiger partial charge is 0.263 e. The van der Waals surface area contributed by atoms with Gasteiger partial charge < -0.3 is 9.88 Å². The van der Waals surface area contributed by atoms with Crippen LogP contribution < -0.4 is 5.56 Å². The number of nitrogens with one attached hydrogen (secondary N) is 1. The number of carbonyl (C=O) groups excluding carboxylic acids is 1. The molecule has 1 unspecified atom stereocenters. The summed E-state index contributed by atoms with van der Waals surface area (Å²) in [5, 5.41) is 1.11. The number of nitrogens with zero attached hydrogens (tertiary/aromatic N) is 2. The highest BCUT2D eigenvalue weighted by molar-refractivity contribution is 7.20. The van der Waals surface area contributed by atoms with E-state index in [4.69, 9.17) is 0 Å². The zero-order chi connectivity index (χ0) is 17.4. The molecule has 1 saturated heterocycles.